The molecule has 0 amide bonds. The Hall–Kier alpha value is -0.830. The number of nitrogens with one attached hydrogen (secondary N) is 1. The van der Waals surface area contributed by atoms with Gasteiger partial charge in [0.25, 0.3) is 0 Å². The highest BCUT2D eigenvalue weighted by Gasteiger charge is 2.52. The van der Waals surface area contributed by atoms with Gasteiger partial charge in [0, 0.05) is 12.2 Å². The molecule has 3 nitrogen and oxygen atoms in total. The Morgan fingerprint density at radius 1 is 1.36 bits per heavy atom. The molecular formula is C10H12ClN3. The van der Waals surface area contributed by atoms with Crippen LogP contribution in [0.4, 0.5) is 5.82 Å². The molecule has 2 saturated carbocycles. The molecule has 0 aliphatic heterocycles. The topological polar surface area (TPSA) is 37.8 Å². The SMILES string of the molecule is Clc1nccc(NC2C3CCCC32)n1. The highest BCUT2D eigenvalue weighted by atomic mass is 35.5. The Bertz CT molecular complexity index is 345. The van der Waals surface area contributed by atoms with E-state index in [1.165, 1.54) is 19.3 Å². The highest BCUT2D eigenvalue weighted by molar-refractivity contribution is 6.28. The van der Waals surface area contributed by atoms with Crippen LogP contribution in [0.3, 0.4) is 0 Å². The van der Waals surface area contributed by atoms with Gasteiger partial charge in [-0.05, 0) is 42.3 Å². The maximum absolute atomic E-state index is 5.71. The number of rotatable bonds is 2. The first kappa shape index (κ1) is 8.48. The smallest absolute Gasteiger partial charge is 0.224 e. The van der Waals surface area contributed by atoms with Crippen LogP contribution in [0, 0.1) is 11.8 Å². The minimum absolute atomic E-state index is 0.320. The molecule has 4 heteroatoms. The monoisotopic (exact) mass is 209 g/mol. The lowest BCUT2D eigenvalue weighted by atomic mass is 10.2. The summed E-state index contributed by atoms with van der Waals surface area (Å²) in [7, 11) is 0. The van der Waals surface area contributed by atoms with Crippen LogP contribution < -0.4 is 5.32 Å². The fraction of sp³-hybridized carbons (Fsp3) is 0.600. The molecule has 0 saturated heterocycles. The van der Waals surface area contributed by atoms with E-state index in [4.69, 9.17) is 11.6 Å². The molecule has 2 aliphatic carbocycles. The van der Waals surface area contributed by atoms with Gasteiger partial charge in [0.2, 0.25) is 5.28 Å². The van der Waals surface area contributed by atoms with Crippen molar-refractivity contribution >= 4 is 17.4 Å². The van der Waals surface area contributed by atoms with E-state index < -0.39 is 0 Å². The van der Waals surface area contributed by atoms with E-state index in [1.807, 2.05) is 6.07 Å². The summed E-state index contributed by atoms with van der Waals surface area (Å²) in [5.74, 6) is 2.65. The van der Waals surface area contributed by atoms with Gasteiger partial charge >= 0.3 is 0 Å². The molecule has 0 spiro atoms. The first-order chi connectivity index (χ1) is 6.84. The fourth-order valence-corrected chi connectivity index (χ4v) is 2.77. The quantitative estimate of drug-likeness (QED) is 0.760. The molecule has 2 fully saturated rings. The average molecular weight is 210 g/mol. The molecule has 0 aromatic carbocycles. The summed E-state index contributed by atoms with van der Waals surface area (Å²) in [6.45, 7) is 0. The predicted molar refractivity (Wildman–Crippen MR) is 55.3 cm³/mol. The van der Waals surface area contributed by atoms with E-state index in [0.29, 0.717) is 11.3 Å². The van der Waals surface area contributed by atoms with Crippen LogP contribution in [0.5, 0.6) is 0 Å². The summed E-state index contributed by atoms with van der Waals surface area (Å²) in [5, 5.41) is 3.74. The summed E-state index contributed by atoms with van der Waals surface area (Å²) in [5.41, 5.74) is 0. The zero-order valence-corrected chi connectivity index (χ0v) is 8.54. The average Bonchev–Trinajstić information content (AvgIpc) is 2.62. The molecule has 2 unspecified atom stereocenters. The van der Waals surface area contributed by atoms with Gasteiger partial charge in [0.1, 0.15) is 5.82 Å². The lowest BCUT2D eigenvalue weighted by Gasteiger charge is -2.06. The molecule has 1 N–H and O–H groups in total. The van der Waals surface area contributed by atoms with Gasteiger partial charge in [-0.3, -0.25) is 0 Å². The summed E-state index contributed by atoms with van der Waals surface area (Å²) in [4.78, 5) is 7.98. The Kier molecular flexibility index (Phi) is 1.87. The Morgan fingerprint density at radius 3 is 2.86 bits per heavy atom. The van der Waals surface area contributed by atoms with E-state index in [0.717, 1.165) is 17.7 Å². The fourth-order valence-electron chi connectivity index (χ4n) is 2.62. The summed E-state index contributed by atoms with van der Waals surface area (Å²) in [6.07, 6.45) is 5.84. The number of halogens is 1. The number of nitrogens with zero attached hydrogens (tertiary/aromatic N) is 2. The summed E-state index contributed by atoms with van der Waals surface area (Å²) < 4.78 is 0. The van der Waals surface area contributed by atoms with Crippen LogP contribution in [-0.2, 0) is 0 Å². The van der Waals surface area contributed by atoms with Crippen molar-refractivity contribution in [3.63, 3.8) is 0 Å². The third-order valence-electron chi connectivity index (χ3n) is 3.35. The van der Waals surface area contributed by atoms with Crippen LogP contribution >= 0.6 is 11.6 Å². The van der Waals surface area contributed by atoms with Gasteiger partial charge in [-0.1, -0.05) is 6.42 Å². The summed E-state index contributed by atoms with van der Waals surface area (Å²) in [6, 6.07) is 2.52. The van der Waals surface area contributed by atoms with Gasteiger partial charge in [0.15, 0.2) is 0 Å². The van der Waals surface area contributed by atoms with Crippen molar-refractivity contribution in [1.82, 2.24) is 9.97 Å². The second-order valence-electron chi connectivity index (χ2n) is 4.14. The third-order valence-corrected chi connectivity index (χ3v) is 3.53. The number of hydrogen-bond donors (Lipinski definition) is 1. The number of fused-ring (bicyclic) bond motifs is 1. The third kappa shape index (κ3) is 1.36. The molecule has 1 heterocycles. The van der Waals surface area contributed by atoms with Crippen LogP contribution in [0.1, 0.15) is 19.3 Å². The maximum atomic E-state index is 5.71. The van der Waals surface area contributed by atoms with Crippen molar-refractivity contribution in [2.24, 2.45) is 11.8 Å². The van der Waals surface area contributed by atoms with Gasteiger partial charge in [0.05, 0.1) is 0 Å². The largest absolute Gasteiger partial charge is 0.367 e. The minimum Gasteiger partial charge on any atom is -0.367 e. The molecule has 2 atom stereocenters. The van der Waals surface area contributed by atoms with Crippen LogP contribution in [0.25, 0.3) is 0 Å². The molecule has 14 heavy (non-hydrogen) atoms. The predicted octanol–water partition coefficient (Wildman–Crippen LogP) is 2.34. The second kappa shape index (κ2) is 3.09. The van der Waals surface area contributed by atoms with Gasteiger partial charge in [-0.2, -0.15) is 0 Å². The van der Waals surface area contributed by atoms with Crippen molar-refractivity contribution in [2.75, 3.05) is 5.32 Å². The number of anilines is 1. The van der Waals surface area contributed by atoms with Crippen LogP contribution in [0.15, 0.2) is 12.3 Å². The van der Waals surface area contributed by atoms with Crippen molar-refractivity contribution < 1.29 is 0 Å². The molecule has 0 radical (unpaired) electrons. The molecule has 74 valence electrons. The van der Waals surface area contributed by atoms with Crippen molar-refractivity contribution in [2.45, 2.75) is 25.3 Å². The first-order valence-electron chi connectivity index (χ1n) is 5.10. The van der Waals surface area contributed by atoms with Crippen molar-refractivity contribution in [3.8, 4) is 0 Å². The molecule has 0 bridgehead atoms. The Morgan fingerprint density at radius 2 is 2.14 bits per heavy atom. The lowest BCUT2D eigenvalue weighted by Crippen LogP contribution is -2.09. The maximum Gasteiger partial charge on any atom is 0.224 e. The van der Waals surface area contributed by atoms with E-state index in [1.54, 1.807) is 6.20 Å². The molecule has 3 rings (SSSR count). The van der Waals surface area contributed by atoms with Gasteiger partial charge in [-0.15, -0.1) is 0 Å². The second-order valence-corrected chi connectivity index (χ2v) is 4.48. The van der Waals surface area contributed by atoms with Crippen molar-refractivity contribution in [1.29, 1.82) is 0 Å². The van der Waals surface area contributed by atoms with E-state index in [2.05, 4.69) is 15.3 Å². The molecular weight excluding hydrogens is 198 g/mol. The first-order valence-corrected chi connectivity index (χ1v) is 5.47. The van der Waals surface area contributed by atoms with E-state index >= 15 is 0 Å². The standard InChI is InChI=1S/C10H12ClN3/c11-10-12-5-4-8(14-10)13-9-6-2-1-3-7(6)9/h4-7,9H,1-3H2,(H,12,13,14). The molecule has 1 aromatic rings. The van der Waals surface area contributed by atoms with E-state index in [9.17, 15) is 0 Å². The normalized spacial score (nSPS) is 33.9. The summed E-state index contributed by atoms with van der Waals surface area (Å²) >= 11 is 5.71. The number of hydrogen-bond acceptors (Lipinski definition) is 3. The number of aromatic nitrogens is 2. The highest BCUT2D eigenvalue weighted by Crippen LogP contribution is 2.53. The Balaban J connectivity index is 1.68. The Labute approximate surface area is 87.9 Å². The molecule has 1 aromatic heterocycles. The van der Waals surface area contributed by atoms with Gasteiger partial charge in [-0.25, -0.2) is 9.97 Å². The minimum atomic E-state index is 0.320. The molecule has 2 aliphatic rings. The zero-order chi connectivity index (χ0) is 9.54. The van der Waals surface area contributed by atoms with E-state index in [-0.39, 0.29) is 0 Å². The van der Waals surface area contributed by atoms with Crippen molar-refractivity contribution in [3.05, 3.63) is 17.5 Å². The van der Waals surface area contributed by atoms with Crippen LogP contribution in [-0.4, -0.2) is 16.0 Å². The zero-order valence-electron chi connectivity index (χ0n) is 7.78. The lowest BCUT2D eigenvalue weighted by molar-refractivity contribution is 0.694. The van der Waals surface area contributed by atoms with Crippen LogP contribution in [0.2, 0.25) is 5.28 Å². The van der Waals surface area contributed by atoms with Gasteiger partial charge < -0.3 is 5.32 Å².